The molecule has 2 aromatic rings. The average Bonchev–Trinajstić information content (AvgIpc) is 2.39. The molecule has 1 aromatic carbocycles. The topological polar surface area (TPSA) is 39.2 Å². The highest BCUT2D eigenvalue weighted by molar-refractivity contribution is 5.96. The largest absolute Gasteiger partial charge is 0.485 e. The second-order valence-electron chi connectivity index (χ2n) is 3.41. The van der Waals surface area contributed by atoms with Crippen LogP contribution in [0.2, 0.25) is 0 Å². The van der Waals surface area contributed by atoms with Crippen LogP contribution < -0.4 is 4.74 Å². The number of carbonyl (C=O) groups is 1. The van der Waals surface area contributed by atoms with Gasteiger partial charge in [-0.15, -0.1) is 0 Å². The molecule has 0 spiro atoms. The van der Waals surface area contributed by atoms with Gasteiger partial charge in [0.1, 0.15) is 11.6 Å². The van der Waals surface area contributed by atoms with Gasteiger partial charge in [0.15, 0.2) is 6.61 Å². The summed E-state index contributed by atoms with van der Waals surface area (Å²) in [5, 5.41) is 0. The molecule has 0 aliphatic heterocycles. The van der Waals surface area contributed by atoms with E-state index in [-0.39, 0.29) is 18.2 Å². The van der Waals surface area contributed by atoms with E-state index in [0.717, 1.165) is 0 Å². The molecule has 0 aliphatic rings. The van der Waals surface area contributed by atoms with Crippen molar-refractivity contribution >= 4 is 5.78 Å². The van der Waals surface area contributed by atoms with Gasteiger partial charge in [-0.2, -0.15) is 0 Å². The number of ether oxygens (including phenoxy) is 1. The summed E-state index contributed by atoms with van der Waals surface area (Å²) in [7, 11) is 0. The third kappa shape index (κ3) is 3.11. The van der Waals surface area contributed by atoms with Gasteiger partial charge < -0.3 is 4.74 Å². The molecule has 1 heterocycles. The Morgan fingerprint density at radius 1 is 1.24 bits per heavy atom. The van der Waals surface area contributed by atoms with E-state index in [4.69, 9.17) is 4.74 Å². The summed E-state index contributed by atoms with van der Waals surface area (Å²) in [6, 6.07) is 8.87. The van der Waals surface area contributed by atoms with E-state index in [9.17, 15) is 9.18 Å². The summed E-state index contributed by atoms with van der Waals surface area (Å²) >= 11 is 0. The minimum Gasteiger partial charge on any atom is -0.485 e. The first-order valence-electron chi connectivity index (χ1n) is 5.07. The monoisotopic (exact) mass is 231 g/mol. The van der Waals surface area contributed by atoms with Crippen molar-refractivity contribution in [2.45, 2.75) is 0 Å². The molecule has 0 unspecified atom stereocenters. The molecule has 0 saturated carbocycles. The van der Waals surface area contributed by atoms with Gasteiger partial charge in [-0.05, 0) is 36.4 Å². The summed E-state index contributed by atoms with van der Waals surface area (Å²) in [6.45, 7) is -0.0860. The summed E-state index contributed by atoms with van der Waals surface area (Å²) < 4.78 is 17.9. The Labute approximate surface area is 97.9 Å². The first kappa shape index (κ1) is 11.3. The van der Waals surface area contributed by atoms with Crippen molar-refractivity contribution in [3.8, 4) is 5.75 Å². The molecule has 0 atom stereocenters. The molecule has 4 heteroatoms. The molecule has 0 bridgehead atoms. The minimum absolute atomic E-state index is 0.0860. The molecule has 17 heavy (non-hydrogen) atoms. The Morgan fingerprint density at radius 2 is 2.00 bits per heavy atom. The third-order valence-electron chi connectivity index (χ3n) is 2.17. The zero-order valence-corrected chi connectivity index (χ0v) is 8.97. The van der Waals surface area contributed by atoms with E-state index in [1.807, 2.05) is 0 Å². The number of nitrogens with zero attached hydrogens (tertiary/aromatic N) is 1. The fourth-order valence-corrected chi connectivity index (χ4v) is 1.29. The molecule has 3 nitrogen and oxygen atoms in total. The number of halogens is 1. The van der Waals surface area contributed by atoms with Gasteiger partial charge in [-0.1, -0.05) is 0 Å². The van der Waals surface area contributed by atoms with Gasteiger partial charge >= 0.3 is 0 Å². The molecule has 0 amide bonds. The number of carbonyl (C=O) groups excluding carboxylic acids is 1. The number of ketones is 1. The second kappa shape index (κ2) is 5.21. The lowest BCUT2D eigenvalue weighted by molar-refractivity contribution is 0.0921. The zero-order chi connectivity index (χ0) is 12.1. The van der Waals surface area contributed by atoms with Gasteiger partial charge in [0.25, 0.3) is 0 Å². The Bertz CT molecular complexity index is 497. The van der Waals surface area contributed by atoms with Crippen molar-refractivity contribution in [2.75, 3.05) is 6.61 Å². The molecular weight excluding hydrogens is 221 g/mol. The van der Waals surface area contributed by atoms with Gasteiger partial charge in [0.05, 0.1) is 0 Å². The first-order chi connectivity index (χ1) is 8.25. The van der Waals surface area contributed by atoms with Crippen molar-refractivity contribution in [1.82, 2.24) is 4.98 Å². The summed E-state index contributed by atoms with van der Waals surface area (Å²) in [5.74, 6) is -0.0398. The molecule has 1 aromatic heterocycles. The maximum atomic E-state index is 12.6. The van der Waals surface area contributed by atoms with Crippen LogP contribution in [0, 0.1) is 5.82 Å². The molecule has 86 valence electrons. The number of pyridine rings is 1. The Kier molecular flexibility index (Phi) is 3.45. The maximum Gasteiger partial charge on any atom is 0.201 e. The normalized spacial score (nSPS) is 9.94. The molecule has 0 radical (unpaired) electrons. The van der Waals surface area contributed by atoms with E-state index in [1.165, 1.54) is 30.5 Å². The average molecular weight is 231 g/mol. The number of benzene rings is 1. The standard InChI is InChI=1S/C13H10FNO2/c14-11-3-5-12(6-4-11)17-9-13(16)10-2-1-7-15-8-10/h1-8H,9H2. The predicted molar refractivity (Wildman–Crippen MR) is 60.5 cm³/mol. The molecule has 0 aliphatic carbocycles. The number of Topliss-reactive ketones (excluding diaryl/α,β-unsaturated/α-hetero) is 1. The Balaban J connectivity index is 1.95. The van der Waals surface area contributed by atoms with Crippen LogP contribution in [0.25, 0.3) is 0 Å². The van der Waals surface area contributed by atoms with Crippen LogP contribution in [0.1, 0.15) is 10.4 Å². The van der Waals surface area contributed by atoms with Crippen LogP contribution in [0.4, 0.5) is 4.39 Å². The second-order valence-corrected chi connectivity index (χ2v) is 3.41. The van der Waals surface area contributed by atoms with E-state index in [0.29, 0.717) is 11.3 Å². The first-order valence-corrected chi connectivity index (χ1v) is 5.07. The summed E-state index contributed by atoms with van der Waals surface area (Å²) in [5.41, 5.74) is 0.495. The molecule has 0 saturated heterocycles. The highest BCUT2D eigenvalue weighted by Gasteiger charge is 2.06. The van der Waals surface area contributed by atoms with Crippen LogP contribution in [0.5, 0.6) is 5.75 Å². The Morgan fingerprint density at radius 3 is 2.65 bits per heavy atom. The van der Waals surface area contributed by atoms with Crippen LogP contribution in [0.3, 0.4) is 0 Å². The van der Waals surface area contributed by atoms with Gasteiger partial charge in [0.2, 0.25) is 5.78 Å². The molecular formula is C13H10FNO2. The number of rotatable bonds is 4. The van der Waals surface area contributed by atoms with Crippen molar-refractivity contribution in [3.63, 3.8) is 0 Å². The van der Waals surface area contributed by atoms with Crippen molar-refractivity contribution < 1.29 is 13.9 Å². The summed E-state index contributed by atoms with van der Waals surface area (Å²) in [6.07, 6.45) is 3.08. The lowest BCUT2D eigenvalue weighted by Crippen LogP contribution is -2.11. The van der Waals surface area contributed by atoms with E-state index in [1.54, 1.807) is 18.3 Å². The minimum atomic E-state index is -0.337. The molecule has 0 N–H and O–H groups in total. The van der Waals surface area contributed by atoms with Crippen molar-refractivity contribution in [3.05, 3.63) is 60.2 Å². The lowest BCUT2D eigenvalue weighted by Gasteiger charge is -2.04. The van der Waals surface area contributed by atoms with E-state index in [2.05, 4.69) is 4.98 Å². The van der Waals surface area contributed by atoms with Crippen molar-refractivity contribution in [2.24, 2.45) is 0 Å². The van der Waals surface area contributed by atoms with Crippen LogP contribution >= 0.6 is 0 Å². The number of hydrogen-bond acceptors (Lipinski definition) is 3. The summed E-state index contributed by atoms with van der Waals surface area (Å²) in [4.78, 5) is 15.5. The zero-order valence-electron chi connectivity index (χ0n) is 8.97. The number of aromatic nitrogens is 1. The smallest absolute Gasteiger partial charge is 0.201 e. The fourth-order valence-electron chi connectivity index (χ4n) is 1.29. The van der Waals surface area contributed by atoms with Crippen LogP contribution in [0.15, 0.2) is 48.8 Å². The SMILES string of the molecule is O=C(COc1ccc(F)cc1)c1cccnc1. The fraction of sp³-hybridized carbons (Fsp3) is 0.0769. The van der Waals surface area contributed by atoms with Crippen LogP contribution in [-0.2, 0) is 0 Å². The molecule has 2 rings (SSSR count). The quantitative estimate of drug-likeness (QED) is 0.759. The predicted octanol–water partition coefficient (Wildman–Crippen LogP) is 2.48. The van der Waals surface area contributed by atoms with Gasteiger partial charge in [-0.3, -0.25) is 9.78 Å². The maximum absolute atomic E-state index is 12.6. The van der Waals surface area contributed by atoms with E-state index < -0.39 is 0 Å². The lowest BCUT2D eigenvalue weighted by atomic mass is 10.2. The number of hydrogen-bond donors (Lipinski definition) is 0. The highest BCUT2D eigenvalue weighted by atomic mass is 19.1. The van der Waals surface area contributed by atoms with Crippen molar-refractivity contribution in [1.29, 1.82) is 0 Å². The van der Waals surface area contributed by atoms with E-state index >= 15 is 0 Å². The van der Waals surface area contributed by atoms with Gasteiger partial charge in [0, 0.05) is 18.0 Å². The molecule has 0 fully saturated rings. The van der Waals surface area contributed by atoms with Crippen LogP contribution in [-0.4, -0.2) is 17.4 Å². The highest BCUT2D eigenvalue weighted by Crippen LogP contribution is 2.11. The van der Waals surface area contributed by atoms with Gasteiger partial charge in [-0.25, -0.2) is 4.39 Å². The Hall–Kier alpha value is -2.23. The third-order valence-corrected chi connectivity index (χ3v) is 2.17.